The average Bonchev–Trinajstić information content (AvgIpc) is 3.62. The number of hydrogen-bond acceptors (Lipinski definition) is 5. The van der Waals surface area contributed by atoms with Crippen LogP contribution in [0.1, 0.15) is 42.7 Å². The van der Waals surface area contributed by atoms with Crippen molar-refractivity contribution in [2.24, 2.45) is 11.8 Å². The van der Waals surface area contributed by atoms with Crippen LogP contribution in [-0.4, -0.2) is 64.9 Å². The van der Waals surface area contributed by atoms with Crippen LogP contribution in [0.5, 0.6) is 0 Å². The van der Waals surface area contributed by atoms with Gasteiger partial charge in [0.25, 0.3) is 0 Å². The highest BCUT2D eigenvalue weighted by Crippen LogP contribution is 2.44. The summed E-state index contributed by atoms with van der Waals surface area (Å²) in [6, 6.07) is 15.3. The highest BCUT2D eigenvalue weighted by atomic mass is 16.5. The first kappa shape index (κ1) is 23.4. The van der Waals surface area contributed by atoms with E-state index in [1.54, 1.807) is 0 Å². The summed E-state index contributed by atoms with van der Waals surface area (Å²) in [7, 11) is 0. The molecule has 2 amide bonds. The lowest BCUT2D eigenvalue weighted by Crippen LogP contribution is -2.55. The number of carbonyl (C=O) groups excluding carboxylic acids is 2. The van der Waals surface area contributed by atoms with E-state index < -0.39 is 30.1 Å². The second-order valence-corrected chi connectivity index (χ2v) is 9.87. The van der Waals surface area contributed by atoms with Gasteiger partial charge in [0, 0.05) is 19.0 Å². The third-order valence-corrected chi connectivity index (χ3v) is 7.29. The number of carboxylic acid groups (broad SMARTS) is 1. The van der Waals surface area contributed by atoms with Gasteiger partial charge in [-0.25, -0.2) is 4.79 Å². The molecule has 3 atom stereocenters. The molecule has 0 bridgehead atoms. The van der Waals surface area contributed by atoms with Gasteiger partial charge in [-0.15, -0.1) is 0 Å². The van der Waals surface area contributed by atoms with Crippen LogP contribution in [-0.2, 0) is 14.3 Å². The van der Waals surface area contributed by atoms with Gasteiger partial charge in [-0.05, 0) is 41.0 Å². The molecule has 35 heavy (non-hydrogen) atoms. The number of β-amino-alcohol motifs (C(OH)–C–C–N with tert-alkyl or cyclic N) is 1. The van der Waals surface area contributed by atoms with Crippen molar-refractivity contribution in [3.63, 3.8) is 0 Å². The van der Waals surface area contributed by atoms with Crippen LogP contribution in [0.3, 0.4) is 0 Å². The maximum absolute atomic E-state index is 13.3. The van der Waals surface area contributed by atoms with Crippen molar-refractivity contribution in [2.75, 3.05) is 19.7 Å². The predicted octanol–water partition coefficient (Wildman–Crippen LogP) is 2.99. The number of hydrogen-bond donors (Lipinski definition) is 3. The van der Waals surface area contributed by atoms with Crippen LogP contribution < -0.4 is 5.32 Å². The molecule has 0 radical (unpaired) electrons. The monoisotopic (exact) mass is 478 g/mol. The number of alkyl carbamates (subject to hydrolysis) is 1. The smallest absolute Gasteiger partial charge is 0.407 e. The Morgan fingerprint density at radius 3 is 2.23 bits per heavy atom. The molecule has 2 aliphatic carbocycles. The van der Waals surface area contributed by atoms with Crippen molar-refractivity contribution in [3.8, 4) is 11.1 Å². The molecule has 3 N–H and O–H groups in total. The molecular formula is C27H30N2O6. The molecule has 2 unspecified atom stereocenters. The van der Waals surface area contributed by atoms with Crippen LogP contribution in [0.15, 0.2) is 48.5 Å². The summed E-state index contributed by atoms with van der Waals surface area (Å²) in [5.74, 6) is -1.96. The molecule has 1 heterocycles. The lowest BCUT2D eigenvalue weighted by Gasteiger charge is -2.36. The fourth-order valence-electron chi connectivity index (χ4n) is 5.34. The number of nitrogens with zero attached hydrogens (tertiary/aromatic N) is 1. The van der Waals surface area contributed by atoms with Gasteiger partial charge in [0.1, 0.15) is 12.6 Å². The normalized spacial score (nSPS) is 22.1. The number of rotatable bonds is 7. The van der Waals surface area contributed by atoms with Gasteiger partial charge >= 0.3 is 12.1 Å². The fraction of sp³-hybridized carbons (Fsp3) is 0.444. The fourth-order valence-corrected chi connectivity index (χ4v) is 5.34. The Hall–Kier alpha value is -3.39. The van der Waals surface area contributed by atoms with E-state index in [1.807, 2.05) is 36.4 Å². The number of benzene rings is 2. The average molecular weight is 479 g/mol. The Morgan fingerprint density at radius 2 is 1.63 bits per heavy atom. The summed E-state index contributed by atoms with van der Waals surface area (Å²) in [4.78, 5) is 38.9. The van der Waals surface area contributed by atoms with Crippen LogP contribution >= 0.6 is 0 Å². The van der Waals surface area contributed by atoms with E-state index in [-0.39, 0.29) is 37.9 Å². The minimum absolute atomic E-state index is 0.0266. The van der Waals surface area contributed by atoms with Crippen LogP contribution in [0.2, 0.25) is 0 Å². The Bertz CT molecular complexity index is 1080. The molecule has 2 aromatic carbocycles. The molecule has 1 aliphatic heterocycles. The van der Waals surface area contributed by atoms with Crippen molar-refractivity contribution < 1.29 is 29.3 Å². The van der Waals surface area contributed by atoms with E-state index in [0.717, 1.165) is 35.1 Å². The molecule has 0 spiro atoms. The van der Waals surface area contributed by atoms with E-state index in [2.05, 4.69) is 17.4 Å². The van der Waals surface area contributed by atoms with Crippen LogP contribution in [0.25, 0.3) is 11.1 Å². The van der Waals surface area contributed by atoms with Crippen LogP contribution in [0.4, 0.5) is 4.79 Å². The van der Waals surface area contributed by atoms with E-state index in [1.165, 1.54) is 4.90 Å². The first-order valence-electron chi connectivity index (χ1n) is 12.2. The SMILES string of the molecule is O=C(N[C@@H](CC1CC1)C(=O)N1CC(O)CC(C(=O)O)C1)OCC1c2ccccc2-c2ccccc21. The number of carbonyl (C=O) groups is 3. The molecule has 8 nitrogen and oxygen atoms in total. The highest BCUT2D eigenvalue weighted by Gasteiger charge is 2.38. The second kappa shape index (κ2) is 9.70. The van der Waals surface area contributed by atoms with Crippen LogP contribution in [0, 0.1) is 11.8 Å². The first-order chi connectivity index (χ1) is 16.9. The third kappa shape index (κ3) is 5.03. The molecule has 3 aliphatic rings. The maximum Gasteiger partial charge on any atom is 0.407 e. The van der Waals surface area contributed by atoms with Gasteiger partial charge in [0.2, 0.25) is 5.91 Å². The van der Waals surface area contributed by atoms with Crippen molar-refractivity contribution >= 4 is 18.0 Å². The summed E-state index contributed by atoms with van der Waals surface area (Å²) in [5, 5.41) is 22.2. The molecule has 0 aromatic heterocycles. The number of aliphatic hydroxyl groups is 1. The van der Waals surface area contributed by atoms with E-state index >= 15 is 0 Å². The molecule has 8 heteroatoms. The third-order valence-electron chi connectivity index (χ3n) is 7.29. The molecule has 1 saturated heterocycles. The Morgan fingerprint density at radius 1 is 1.00 bits per heavy atom. The number of aliphatic hydroxyl groups excluding tert-OH is 1. The zero-order chi connectivity index (χ0) is 24.5. The first-order valence-corrected chi connectivity index (χ1v) is 12.2. The summed E-state index contributed by atoms with van der Waals surface area (Å²) in [5.41, 5.74) is 4.48. The number of fused-ring (bicyclic) bond motifs is 3. The van der Waals surface area contributed by atoms with Gasteiger partial charge in [-0.2, -0.15) is 0 Å². The molecule has 2 aromatic rings. The maximum atomic E-state index is 13.3. The van der Waals surface area contributed by atoms with Gasteiger partial charge in [0.05, 0.1) is 12.0 Å². The molecule has 184 valence electrons. The number of nitrogens with one attached hydrogen (secondary N) is 1. The van der Waals surface area contributed by atoms with Gasteiger partial charge in [-0.1, -0.05) is 61.4 Å². The minimum atomic E-state index is -1.04. The number of piperidine rings is 1. The summed E-state index contributed by atoms with van der Waals surface area (Å²) < 4.78 is 5.63. The highest BCUT2D eigenvalue weighted by molar-refractivity contribution is 5.86. The number of amides is 2. The predicted molar refractivity (Wildman–Crippen MR) is 128 cm³/mol. The molecule has 1 saturated carbocycles. The molecular weight excluding hydrogens is 448 g/mol. The topological polar surface area (TPSA) is 116 Å². The number of likely N-dealkylation sites (tertiary alicyclic amines) is 1. The van der Waals surface area contributed by atoms with Crippen molar-refractivity contribution in [1.82, 2.24) is 10.2 Å². The lowest BCUT2D eigenvalue weighted by atomic mass is 9.95. The standard InChI is InChI=1S/C27H30N2O6/c30-18-12-17(26(32)33)13-29(14-18)25(31)24(11-16-9-10-16)28-27(34)35-15-23-21-7-3-1-5-19(21)20-6-2-4-8-22(20)23/h1-8,16-18,23-24,30H,9-15H2,(H,28,34)(H,32,33)/t17?,18?,24-/m0/s1. The van der Waals surface area contributed by atoms with Gasteiger partial charge in [-0.3, -0.25) is 9.59 Å². The second-order valence-electron chi connectivity index (χ2n) is 9.87. The van der Waals surface area contributed by atoms with Crippen molar-refractivity contribution in [2.45, 2.75) is 43.7 Å². The summed E-state index contributed by atoms with van der Waals surface area (Å²) >= 11 is 0. The summed E-state index contributed by atoms with van der Waals surface area (Å²) in [6.07, 6.45) is 1.02. The molecule has 5 rings (SSSR count). The summed E-state index contributed by atoms with van der Waals surface area (Å²) in [6.45, 7) is 0.239. The largest absolute Gasteiger partial charge is 0.481 e. The zero-order valence-electron chi connectivity index (χ0n) is 19.4. The Kier molecular flexibility index (Phi) is 6.47. The number of aliphatic carboxylic acids is 1. The van der Waals surface area contributed by atoms with Crippen molar-refractivity contribution in [1.29, 1.82) is 0 Å². The zero-order valence-corrected chi connectivity index (χ0v) is 19.4. The number of carboxylic acids is 1. The minimum Gasteiger partial charge on any atom is -0.481 e. The van der Waals surface area contributed by atoms with Gasteiger partial charge < -0.3 is 25.2 Å². The van der Waals surface area contributed by atoms with E-state index in [9.17, 15) is 24.6 Å². The molecule has 2 fully saturated rings. The quantitative estimate of drug-likeness (QED) is 0.563. The Labute approximate surface area is 203 Å². The van der Waals surface area contributed by atoms with Crippen molar-refractivity contribution in [3.05, 3.63) is 59.7 Å². The number of ether oxygens (including phenoxy) is 1. The van der Waals surface area contributed by atoms with E-state index in [0.29, 0.717) is 12.3 Å². The van der Waals surface area contributed by atoms with E-state index in [4.69, 9.17) is 4.74 Å². The lowest BCUT2D eigenvalue weighted by molar-refractivity contribution is -0.149. The Balaban J connectivity index is 1.25. The van der Waals surface area contributed by atoms with Gasteiger partial charge in [0.15, 0.2) is 0 Å².